The molecule has 0 radical (unpaired) electrons. The van der Waals surface area contributed by atoms with Crippen molar-refractivity contribution in [1.29, 1.82) is 0 Å². The molecule has 0 saturated carbocycles. The Bertz CT molecular complexity index is 1010. The Hall–Kier alpha value is -1.91. The van der Waals surface area contributed by atoms with Crippen LogP contribution in [0.1, 0.15) is 0 Å². The van der Waals surface area contributed by atoms with E-state index in [0.717, 1.165) is 0 Å². The first-order valence-corrected chi connectivity index (χ1v) is 18.6. The van der Waals surface area contributed by atoms with E-state index in [9.17, 15) is 0 Å². The van der Waals surface area contributed by atoms with Gasteiger partial charge in [0.05, 0.1) is 7.83 Å². The summed E-state index contributed by atoms with van der Waals surface area (Å²) in [4.78, 5) is 0. The summed E-state index contributed by atoms with van der Waals surface area (Å²) in [5.74, 6) is 0. The zero-order valence-electron chi connectivity index (χ0n) is 19.5. The molecule has 0 aliphatic heterocycles. The molecule has 0 heterocycles. The second kappa shape index (κ2) is 10.8. The third-order valence-corrected chi connectivity index (χ3v) is 20.3. The fraction of sp³-hybridized carbons (Fsp3) is 0.111. The maximum Gasteiger partial charge on any atom is 1.00 e. The molecule has 4 aromatic carbocycles. The molecule has 0 bridgehead atoms. The first kappa shape index (κ1) is 24.7. The molecule has 5 heteroatoms. The summed E-state index contributed by atoms with van der Waals surface area (Å²) in [7, 11) is -5.81. The number of hydrogen-bond donors (Lipinski definition) is 0. The third-order valence-electron chi connectivity index (χ3n) is 5.30. The molecule has 0 spiro atoms. The van der Waals surface area contributed by atoms with Crippen LogP contribution < -0.4 is 39.6 Å². The first-order chi connectivity index (χ1) is 15.0. The molecule has 0 amide bonds. The summed E-state index contributed by atoms with van der Waals surface area (Å²) in [5.41, 5.74) is 0. The third kappa shape index (κ3) is 5.35. The van der Waals surface area contributed by atoms with Crippen LogP contribution in [0.25, 0.3) is 0 Å². The topological polar surface area (TPSA) is 9.23 Å². The summed E-state index contributed by atoms with van der Waals surface area (Å²) in [6, 6.07) is 44.3. The van der Waals surface area contributed by atoms with E-state index in [2.05, 4.69) is 141 Å². The Kier molecular flexibility index (Phi) is 8.35. The maximum atomic E-state index is 7.49. The molecule has 4 rings (SSSR count). The van der Waals surface area contributed by atoms with Gasteiger partial charge in [-0.25, -0.2) is 8.31 Å². The Labute approximate surface area is 208 Å². The van der Waals surface area contributed by atoms with Gasteiger partial charge in [0, 0.05) is 0 Å². The molecular weight excluding hydrogens is 431 g/mol. The quantitative estimate of drug-likeness (QED) is 0.374. The van der Waals surface area contributed by atoms with E-state index in [0.29, 0.717) is 0 Å². The fourth-order valence-electron chi connectivity index (χ4n) is 4.21. The van der Waals surface area contributed by atoms with Gasteiger partial charge >= 0.3 is 18.9 Å². The zero-order chi connectivity index (χ0) is 21.7. The maximum absolute atomic E-state index is 7.49. The van der Waals surface area contributed by atoms with Gasteiger partial charge in [-0.15, -0.1) is 0 Å². The van der Waals surface area contributed by atoms with Crippen LogP contribution in [0, 0.1) is 0 Å². The molecule has 0 aliphatic rings. The van der Waals surface area contributed by atoms with Crippen LogP contribution in [-0.2, 0) is 4.12 Å². The minimum atomic E-state index is -2.63. The molecule has 0 saturated heterocycles. The van der Waals surface area contributed by atoms with Crippen LogP contribution in [0.4, 0.5) is 0 Å². The Morgan fingerprint density at radius 1 is 0.500 bits per heavy atom. The van der Waals surface area contributed by atoms with Crippen molar-refractivity contribution < 1.29 is 23.0 Å². The molecule has 0 atom stereocenters. The Morgan fingerprint density at radius 2 is 0.812 bits per heavy atom. The zero-order valence-corrected chi connectivity index (χ0v) is 22.5. The summed E-state index contributed by atoms with van der Waals surface area (Å²) >= 11 is 0. The van der Waals surface area contributed by atoms with Gasteiger partial charge in [-0.2, -0.15) is 10.4 Å². The largest absolute Gasteiger partial charge is 1.00 e. The van der Waals surface area contributed by atoms with E-state index < -0.39 is 24.5 Å². The molecule has 0 N–H and O–H groups in total. The summed E-state index contributed by atoms with van der Waals surface area (Å²) < 4.78 is 7.49. The number of benzene rings is 4. The predicted molar refractivity (Wildman–Crippen MR) is 140 cm³/mol. The van der Waals surface area contributed by atoms with Gasteiger partial charge in [-0.3, -0.25) is 0 Å². The molecule has 32 heavy (non-hydrogen) atoms. The van der Waals surface area contributed by atoms with E-state index in [4.69, 9.17) is 4.12 Å². The van der Waals surface area contributed by atoms with E-state index in [1.807, 2.05) is 0 Å². The van der Waals surface area contributed by atoms with E-state index in [1.165, 1.54) is 20.7 Å². The molecule has 0 aromatic heterocycles. The van der Waals surface area contributed by atoms with Gasteiger partial charge in [0.15, 0.2) is 8.32 Å². The van der Waals surface area contributed by atoms with Crippen LogP contribution >= 0.6 is 0 Å². The molecule has 4 aromatic rings. The summed E-state index contributed by atoms with van der Waals surface area (Å²) in [6.07, 6.45) is 0. The molecule has 1 nitrogen and oxygen atoms in total. The van der Waals surface area contributed by atoms with Crippen LogP contribution in [0.2, 0.25) is 19.6 Å². The summed E-state index contributed by atoms with van der Waals surface area (Å²) in [6.45, 7) is 6.99. The van der Waals surface area contributed by atoms with Gasteiger partial charge in [-0.1, -0.05) is 132 Å². The smallest absolute Gasteiger partial charge is 0.472 e. The van der Waals surface area contributed by atoms with Gasteiger partial charge in [0.25, 0.3) is 0 Å². The predicted octanol–water partition coefficient (Wildman–Crippen LogP) is 0.989. The van der Waals surface area contributed by atoms with E-state index in [1.54, 1.807) is 0 Å². The molecule has 0 aliphatic carbocycles. The van der Waals surface area contributed by atoms with Crippen molar-refractivity contribution in [2.24, 2.45) is 0 Å². The van der Waals surface area contributed by atoms with Crippen molar-refractivity contribution >= 4 is 45.2 Å². The molecule has 156 valence electrons. The van der Waals surface area contributed by atoms with Crippen molar-refractivity contribution in [3.05, 3.63) is 121 Å². The van der Waals surface area contributed by atoms with Crippen molar-refractivity contribution in [2.75, 3.05) is 0 Å². The van der Waals surface area contributed by atoms with Crippen molar-refractivity contribution in [1.82, 2.24) is 0 Å². The summed E-state index contributed by atoms with van der Waals surface area (Å²) in [5, 5.41) is 5.56. The minimum absolute atomic E-state index is 0. The van der Waals surface area contributed by atoms with Crippen LogP contribution in [0.5, 0.6) is 0 Å². The van der Waals surface area contributed by atoms with Gasteiger partial charge in [0.1, 0.15) is 0 Å². The Balaban J connectivity index is 0.00000289. The van der Waals surface area contributed by atoms with Gasteiger partial charge < -0.3 is 4.12 Å². The van der Waals surface area contributed by atoms with Crippen molar-refractivity contribution in [2.45, 2.75) is 19.6 Å². The van der Waals surface area contributed by atoms with Crippen molar-refractivity contribution in [3.8, 4) is 0 Å². The van der Waals surface area contributed by atoms with Crippen LogP contribution in [0.15, 0.2) is 121 Å². The minimum Gasteiger partial charge on any atom is -0.472 e. The van der Waals surface area contributed by atoms with Gasteiger partial charge in [-0.05, 0) is 19.6 Å². The van der Waals surface area contributed by atoms with E-state index >= 15 is 0 Å². The van der Waals surface area contributed by atoms with Gasteiger partial charge in [0.2, 0.25) is 0 Å². The van der Waals surface area contributed by atoms with Crippen LogP contribution in [0.3, 0.4) is 0 Å². The number of rotatable bonds is 7. The Morgan fingerprint density at radius 3 is 1.12 bits per heavy atom. The second-order valence-corrected chi connectivity index (χ2v) is 21.8. The molecule has 0 fully saturated rings. The standard InChI is InChI=1S/C27H29OSi3.Li/c1-30(2,3)28-31(26-20-12-6-13-21-26,27-22-14-7-15-23-27)29(24-16-8-4-9-17-24)25-18-10-5-11-19-25;/h4-23H,1-3H3;/q-1;+1. The molecule has 0 unspecified atom stereocenters. The average Bonchev–Trinajstić information content (AvgIpc) is 2.80. The second-order valence-electron chi connectivity index (χ2n) is 8.73. The normalized spacial score (nSPS) is 11.5. The molecular formula is C27H29LiOSi3. The van der Waals surface area contributed by atoms with Crippen molar-refractivity contribution in [3.63, 3.8) is 0 Å². The first-order valence-electron chi connectivity index (χ1n) is 10.8. The SMILES string of the molecule is C[Si](C)(C)O[Si](c1ccccc1)(c1ccccc1)[Si-](c1ccccc1)c1ccccc1.[Li+]. The average molecular weight is 461 g/mol. The van der Waals surface area contributed by atoms with E-state index in [-0.39, 0.29) is 18.9 Å². The van der Waals surface area contributed by atoms with Crippen LogP contribution in [-0.4, -0.2) is 24.5 Å². The fourth-order valence-corrected chi connectivity index (χ4v) is 23.5. The number of hydrogen-bond acceptors (Lipinski definition) is 1. The monoisotopic (exact) mass is 460 g/mol.